The Balaban J connectivity index is 1.71. The topological polar surface area (TPSA) is 0 Å². The predicted molar refractivity (Wildman–Crippen MR) is 53.3 cm³/mol. The minimum Gasteiger partial charge on any atom is -0.0496 e. The molecular weight excluding hydrogens is 156 g/mol. The molecule has 5 aliphatic carbocycles. The minimum absolute atomic E-state index is 0.911. The van der Waals surface area contributed by atoms with E-state index in [1.165, 1.54) is 23.7 Å². The van der Waals surface area contributed by atoms with Gasteiger partial charge in [0.15, 0.2) is 0 Å². The lowest BCUT2D eigenvalue weighted by atomic mass is 9.48. The summed E-state index contributed by atoms with van der Waals surface area (Å²) in [6, 6.07) is 0. The van der Waals surface area contributed by atoms with E-state index in [2.05, 4.69) is 0 Å². The molecule has 0 saturated heterocycles. The average molecular weight is 176 g/mol. The van der Waals surface area contributed by atoms with Crippen LogP contribution in [-0.4, -0.2) is 0 Å². The van der Waals surface area contributed by atoms with Crippen LogP contribution < -0.4 is 0 Å². The second kappa shape index (κ2) is 2.15. The van der Waals surface area contributed by atoms with Gasteiger partial charge in [-0.25, -0.2) is 0 Å². The molecule has 0 spiro atoms. The maximum absolute atomic E-state index is 1.64. The summed E-state index contributed by atoms with van der Waals surface area (Å²) in [7, 11) is 0. The van der Waals surface area contributed by atoms with Crippen molar-refractivity contribution in [3.63, 3.8) is 0 Å². The summed E-state index contributed by atoms with van der Waals surface area (Å²) >= 11 is 0. The molecule has 72 valence electrons. The molecule has 0 nitrogen and oxygen atoms in total. The molecule has 13 heavy (non-hydrogen) atoms. The molecule has 5 aliphatic rings. The van der Waals surface area contributed by atoms with E-state index in [9.17, 15) is 0 Å². The van der Waals surface area contributed by atoms with E-state index in [-0.39, 0.29) is 0 Å². The third kappa shape index (κ3) is 0.926. The summed E-state index contributed by atoms with van der Waals surface area (Å²) in [6.07, 6.45) is 13.0. The SMILES string of the molecule is C1C2CC3CC1CC(C1CC1)(C2)C3. The molecule has 5 rings (SSSR count). The van der Waals surface area contributed by atoms with Crippen LogP contribution in [0.3, 0.4) is 0 Å². The van der Waals surface area contributed by atoms with Crippen LogP contribution in [0.4, 0.5) is 0 Å². The first kappa shape index (κ1) is 7.31. The molecule has 0 aromatic carbocycles. The normalized spacial score (nSPS) is 58.6. The molecule has 0 unspecified atom stereocenters. The van der Waals surface area contributed by atoms with Gasteiger partial charge in [0.05, 0.1) is 0 Å². The van der Waals surface area contributed by atoms with Crippen molar-refractivity contribution in [2.45, 2.75) is 51.4 Å². The highest BCUT2D eigenvalue weighted by Crippen LogP contribution is 2.67. The summed E-state index contributed by atoms with van der Waals surface area (Å²) in [4.78, 5) is 0. The highest BCUT2D eigenvalue weighted by atomic mass is 14.6. The molecule has 5 saturated carbocycles. The van der Waals surface area contributed by atoms with Crippen LogP contribution in [0.5, 0.6) is 0 Å². The van der Waals surface area contributed by atoms with Gasteiger partial charge in [-0.05, 0) is 80.5 Å². The largest absolute Gasteiger partial charge is 0.0496 e. The van der Waals surface area contributed by atoms with Gasteiger partial charge in [-0.2, -0.15) is 0 Å². The summed E-state index contributed by atoms with van der Waals surface area (Å²) in [5.74, 6) is 4.71. The van der Waals surface area contributed by atoms with Crippen LogP contribution >= 0.6 is 0 Å². The molecular formula is C13H20. The van der Waals surface area contributed by atoms with Crippen molar-refractivity contribution in [2.75, 3.05) is 0 Å². The predicted octanol–water partition coefficient (Wildman–Crippen LogP) is 3.61. The van der Waals surface area contributed by atoms with Gasteiger partial charge in [-0.1, -0.05) is 0 Å². The van der Waals surface area contributed by atoms with Crippen LogP contribution in [-0.2, 0) is 0 Å². The highest BCUT2D eigenvalue weighted by molar-refractivity contribution is 5.06. The van der Waals surface area contributed by atoms with Crippen molar-refractivity contribution >= 4 is 0 Å². The number of hydrogen-bond donors (Lipinski definition) is 0. The van der Waals surface area contributed by atoms with E-state index in [1.807, 2.05) is 0 Å². The lowest BCUT2D eigenvalue weighted by Gasteiger charge is -2.57. The molecule has 0 N–H and O–H groups in total. The quantitative estimate of drug-likeness (QED) is 0.572. The van der Waals surface area contributed by atoms with Crippen LogP contribution in [0.1, 0.15) is 51.4 Å². The van der Waals surface area contributed by atoms with Gasteiger partial charge < -0.3 is 0 Å². The van der Waals surface area contributed by atoms with E-state index in [4.69, 9.17) is 0 Å². The molecule has 0 aliphatic heterocycles. The van der Waals surface area contributed by atoms with Gasteiger partial charge in [-0.15, -0.1) is 0 Å². The summed E-state index contributed by atoms with van der Waals surface area (Å²) in [5, 5.41) is 0. The monoisotopic (exact) mass is 176 g/mol. The van der Waals surface area contributed by atoms with E-state index >= 15 is 0 Å². The van der Waals surface area contributed by atoms with Crippen molar-refractivity contribution < 1.29 is 0 Å². The first-order chi connectivity index (χ1) is 6.34. The molecule has 0 aromatic rings. The lowest BCUT2D eigenvalue weighted by Crippen LogP contribution is -2.47. The third-order valence-electron chi connectivity index (χ3n) is 5.53. The Hall–Kier alpha value is 0. The Labute approximate surface area is 81.1 Å². The lowest BCUT2D eigenvalue weighted by molar-refractivity contribution is -0.0658. The molecule has 0 aromatic heterocycles. The van der Waals surface area contributed by atoms with Crippen molar-refractivity contribution in [3.8, 4) is 0 Å². The van der Waals surface area contributed by atoms with Gasteiger partial charge in [0, 0.05) is 0 Å². The van der Waals surface area contributed by atoms with Gasteiger partial charge in [0.25, 0.3) is 0 Å². The van der Waals surface area contributed by atoms with Crippen molar-refractivity contribution in [3.05, 3.63) is 0 Å². The fourth-order valence-corrected chi connectivity index (χ4v) is 5.37. The second-order valence-corrected chi connectivity index (χ2v) is 6.55. The Morgan fingerprint density at radius 2 is 1.15 bits per heavy atom. The third-order valence-corrected chi connectivity index (χ3v) is 5.53. The van der Waals surface area contributed by atoms with E-state index in [0.29, 0.717) is 0 Å². The van der Waals surface area contributed by atoms with Gasteiger partial charge in [0.1, 0.15) is 0 Å². The molecule has 0 heterocycles. The molecule has 5 fully saturated rings. The smallest absolute Gasteiger partial charge is 0.0261 e. The zero-order valence-corrected chi connectivity index (χ0v) is 8.47. The zero-order valence-electron chi connectivity index (χ0n) is 8.47. The van der Waals surface area contributed by atoms with Crippen LogP contribution in [0.25, 0.3) is 0 Å². The maximum atomic E-state index is 1.64. The Morgan fingerprint density at radius 3 is 1.54 bits per heavy atom. The fourth-order valence-electron chi connectivity index (χ4n) is 5.37. The van der Waals surface area contributed by atoms with Crippen LogP contribution in [0.2, 0.25) is 0 Å². The Kier molecular flexibility index (Phi) is 1.21. The second-order valence-electron chi connectivity index (χ2n) is 6.55. The van der Waals surface area contributed by atoms with E-state index in [0.717, 1.165) is 5.41 Å². The fraction of sp³-hybridized carbons (Fsp3) is 1.00. The molecule has 4 bridgehead atoms. The number of hydrogen-bond acceptors (Lipinski definition) is 0. The van der Waals surface area contributed by atoms with Crippen molar-refractivity contribution in [1.29, 1.82) is 0 Å². The van der Waals surface area contributed by atoms with Gasteiger partial charge in [0.2, 0.25) is 0 Å². The standard InChI is InChI=1S/C13H20/c1-2-12(1)13-6-9-3-10(7-13)5-11(4-9)8-13/h9-12H,1-8H2. The van der Waals surface area contributed by atoms with Gasteiger partial charge in [-0.3, -0.25) is 0 Å². The maximum Gasteiger partial charge on any atom is -0.0261 e. The van der Waals surface area contributed by atoms with Crippen LogP contribution in [0, 0.1) is 29.1 Å². The average Bonchev–Trinajstić information content (AvgIpc) is 2.81. The zero-order chi connectivity index (χ0) is 8.47. The highest BCUT2D eigenvalue weighted by Gasteiger charge is 2.56. The van der Waals surface area contributed by atoms with E-state index < -0.39 is 0 Å². The van der Waals surface area contributed by atoms with Crippen LogP contribution in [0.15, 0.2) is 0 Å². The summed E-state index contributed by atoms with van der Waals surface area (Å²) in [5.41, 5.74) is 0.911. The first-order valence-corrected chi connectivity index (χ1v) is 6.34. The van der Waals surface area contributed by atoms with E-state index in [1.54, 1.807) is 51.4 Å². The van der Waals surface area contributed by atoms with Gasteiger partial charge >= 0.3 is 0 Å². The molecule has 0 amide bonds. The number of rotatable bonds is 1. The minimum atomic E-state index is 0.911. The molecule has 0 atom stereocenters. The Morgan fingerprint density at radius 1 is 0.692 bits per heavy atom. The van der Waals surface area contributed by atoms with Crippen molar-refractivity contribution in [2.24, 2.45) is 29.1 Å². The Bertz CT molecular complexity index is 201. The summed E-state index contributed by atoms with van der Waals surface area (Å²) < 4.78 is 0. The first-order valence-electron chi connectivity index (χ1n) is 6.34. The molecule has 0 heteroatoms. The molecule has 0 radical (unpaired) electrons. The van der Waals surface area contributed by atoms with Crippen molar-refractivity contribution in [1.82, 2.24) is 0 Å². The summed E-state index contributed by atoms with van der Waals surface area (Å²) in [6.45, 7) is 0.